The van der Waals surface area contributed by atoms with Crippen molar-refractivity contribution in [3.8, 4) is 6.07 Å². The lowest BCUT2D eigenvalue weighted by molar-refractivity contribution is 0.163. The fourth-order valence-electron chi connectivity index (χ4n) is 2.42. The number of aliphatic hydroxyl groups is 1. The van der Waals surface area contributed by atoms with Gasteiger partial charge >= 0.3 is 0 Å². The number of hydrogen-bond donors (Lipinski definition) is 1. The number of aliphatic hydroxyl groups excluding tert-OH is 1. The van der Waals surface area contributed by atoms with E-state index in [0.717, 1.165) is 18.4 Å². The molecule has 0 saturated carbocycles. The van der Waals surface area contributed by atoms with Crippen LogP contribution in [0, 0.1) is 11.3 Å². The molecule has 20 heavy (non-hydrogen) atoms. The highest BCUT2D eigenvalue weighted by molar-refractivity contribution is 5.32. The minimum atomic E-state index is -0.386. The third-order valence-corrected chi connectivity index (χ3v) is 3.76. The molecule has 2 heteroatoms. The minimum Gasteiger partial charge on any atom is -0.388 e. The van der Waals surface area contributed by atoms with Crippen molar-refractivity contribution in [1.29, 1.82) is 5.26 Å². The van der Waals surface area contributed by atoms with Gasteiger partial charge in [0.05, 0.1) is 17.7 Å². The van der Waals surface area contributed by atoms with Crippen LogP contribution < -0.4 is 0 Å². The summed E-state index contributed by atoms with van der Waals surface area (Å²) in [6, 6.07) is 9.34. The highest BCUT2D eigenvalue weighted by Gasteiger charge is 2.06. The Labute approximate surface area is 123 Å². The van der Waals surface area contributed by atoms with Crippen molar-refractivity contribution in [3.63, 3.8) is 0 Å². The predicted octanol–water partition coefficient (Wildman–Crippen LogP) is 5.12. The number of rotatable bonds is 10. The summed E-state index contributed by atoms with van der Waals surface area (Å²) in [5, 5.41) is 18.8. The van der Waals surface area contributed by atoms with Crippen LogP contribution >= 0.6 is 0 Å². The van der Waals surface area contributed by atoms with Crippen LogP contribution in [0.4, 0.5) is 0 Å². The first-order valence-electron chi connectivity index (χ1n) is 7.96. The summed E-state index contributed by atoms with van der Waals surface area (Å²) in [4.78, 5) is 0. The second-order valence-corrected chi connectivity index (χ2v) is 5.51. The lowest BCUT2D eigenvalue weighted by atomic mass is 10.0. The standard InChI is InChI=1S/C18H27NO/c1-2-3-4-5-6-7-8-9-10-18(20)17-13-11-16(15-19)12-14-17/h11-14,18,20H,2-10H2,1H3. The van der Waals surface area contributed by atoms with Crippen LogP contribution in [0.3, 0.4) is 0 Å². The van der Waals surface area contributed by atoms with E-state index in [4.69, 9.17) is 5.26 Å². The number of unbranched alkanes of at least 4 members (excludes halogenated alkanes) is 7. The monoisotopic (exact) mass is 273 g/mol. The number of nitriles is 1. The Kier molecular flexibility index (Phi) is 8.74. The highest BCUT2D eigenvalue weighted by Crippen LogP contribution is 2.20. The molecule has 1 rings (SSSR count). The minimum absolute atomic E-state index is 0.386. The summed E-state index contributed by atoms with van der Waals surface area (Å²) in [6.45, 7) is 2.24. The van der Waals surface area contributed by atoms with E-state index in [1.165, 1.54) is 44.9 Å². The topological polar surface area (TPSA) is 44.0 Å². The van der Waals surface area contributed by atoms with Gasteiger partial charge in [-0.05, 0) is 24.1 Å². The SMILES string of the molecule is CCCCCCCCCCC(O)c1ccc(C#N)cc1. The zero-order valence-electron chi connectivity index (χ0n) is 12.6. The van der Waals surface area contributed by atoms with E-state index in [0.29, 0.717) is 5.56 Å². The van der Waals surface area contributed by atoms with Gasteiger partial charge in [0, 0.05) is 0 Å². The van der Waals surface area contributed by atoms with E-state index < -0.39 is 0 Å². The quantitative estimate of drug-likeness (QED) is 0.601. The van der Waals surface area contributed by atoms with Crippen LogP contribution in [-0.4, -0.2) is 5.11 Å². The average Bonchev–Trinajstić information content (AvgIpc) is 2.50. The average molecular weight is 273 g/mol. The molecule has 0 bridgehead atoms. The predicted molar refractivity (Wildman–Crippen MR) is 83.3 cm³/mol. The van der Waals surface area contributed by atoms with E-state index in [-0.39, 0.29) is 6.10 Å². The van der Waals surface area contributed by atoms with Crippen LogP contribution in [0.25, 0.3) is 0 Å². The summed E-state index contributed by atoms with van der Waals surface area (Å²) in [7, 11) is 0. The molecule has 0 heterocycles. The van der Waals surface area contributed by atoms with Crippen molar-refractivity contribution >= 4 is 0 Å². The molecule has 0 aliphatic rings. The maximum absolute atomic E-state index is 10.1. The number of hydrogen-bond acceptors (Lipinski definition) is 2. The Morgan fingerprint density at radius 1 is 0.950 bits per heavy atom. The summed E-state index contributed by atoms with van der Waals surface area (Å²) < 4.78 is 0. The lowest BCUT2D eigenvalue weighted by Crippen LogP contribution is -1.97. The maximum Gasteiger partial charge on any atom is 0.0991 e. The molecule has 110 valence electrons. The second kappa shape index (κ2) is 10.5. The van der Waals surface area contributed by atoms with Gasteiger partial charge in [-0.15, -0.1) is 0 Å². The van der Waals surface area contributed by atoms with Gasteiger partial charge in [0.1, 0.15) is 0 Å². The maximum atomic E-state index is 10.1. The van der Waals surface area contributed by atoms with Gasteiger partial charge in [-0.25, -0.2) is 0 Å². The summed E-state index contributed by atoms with van der Waals surface area (Å²) in [5.74, 6) is 0. The fraction of sp³-hybridized carbons (Fsp3) is 0.611. The first-order chi connectivity index (χ1) is 9.77. The first-order valence-corrected chi connectivity index (χ1v) is 7.96. The van der Waals surface area contributed by atoms with Gasteiger partial charge in [0.2, 0.25) is 0 Å². The van der Waals surface area contributed by atoms with E-state index in [1.807, 2.05) is 12.1 Å². The van der Waals surface area contributed by atoms with E-state index >= 15 is 0 Å². The van der Waals surface area contributed by atoms with Crippen LogP contribution in [0.1, 0.15) is 81.9 Å². The van der Waals surface area contributed by atoms with Crippen molar-refractivity contribution in [2.24, 2.45) is 0 Å². The third kappa shape index (κ3) is 6.73. The van der Waals surface area contributed by atoms with Crippen LogP contribution in [0.5, 0.6) is 0 Å². The molecule has 1 atom stereocenters. The summed E-state index contributed by atoms with van der Waals surface area (Å²) in [6.07, 6.45) is 10.7. The third-order valence-electron chi connectivity index (χ3n) is 3.76. The van der Waals surface area contributed by atoms with Gasteiger partial charge in [0.25, 0.3) is 0 Å². The molecule has 0 aromatic heterocycles. The van der Waals surface area contributed by atoms with Crippen LogP contribution in [0.15, 0.2) is 24.3 Å². The van der Waals surface area contributed by atoms with Gasteiger partial charge in [-0.2, -0.15) is 5.26 Å². The van der Waals surface area contributed by atoms with Crippen molar-refractivity contribution < 1.29 is 5.11 Å². The van der Waals surface area contributed by atoms with Crippen LogP contribution in [0.2, 0.25) is 0 Å². The number of nitrogens with zero attached hydrogens (tertiary/aromatic N) is 1. The molecule has 1 N–H and O–H groups in total. The number of benzene rings is 1. The Hall–Kier alpha value is -1.33. The van der Waals surface area contributed by atoms with Gasteiger partial charge < -0.3 is 5.11 Å². The first kappa shape index (κ1) is 16.7. The molecule has 0 aliphatic carbocycles. The van der Waals surface area contributed by atoms with E-state index in [9.17, 15) is 5.11 Å². The Morgan fingerprint density at radius 3 is 2.05 bits per heavy atom. The molecular formula is C18H27NO. The largest absolute Gasteiger partial charge is 0.388 e. The van der Waals surface area contributed by atoms with Crippen molar-refractivity contribution in [2.45, 2.75) is 70.8 Å². The highest BCUT2D eigenvalue weighted by atomic mass is 16.3. The molecular weight excluding hydrogens is 246 g/mol. The summed E-state index contributed by atoms with van der Waals surface area (Å²) >= 11 is 0. The Balaban J connectivity index is 2.10. The van der Waals surface area contributed by atoms with Gasteiger partial charge in [-0.3, -0.25) is 0 Å². The zero-order valence-corrected chi connectivity index (χ0v) is 12.6. The van der Waals surface area contributed by atoms with Crippen molar-refractivity contribution in [3.05, 3.63) is 35.4 Å². The molecule has 0 amide bonds. The Morgan fingerprint density at radius 2 is 1.50 bits per heavy atom. The molecule has 0 fully saturated rings. The smallest absolute Gasteiger partial charge is 0.0991 e. The Bertz CT molecular complexity index is 391. The fourth-order valence-corrected chi connectivity index (χ4v) is 2.42. The molecule has 2 nitrogen and oxygen atoms in total. The summed E-state index contributed by atoms with van der Waals surface area (Å²) in [5.41, 5.74) is 1.57. The molecule has 0 spiro atoms. The molecule has 0 saturated heterocycles. The van der Waals surface area contributed by atoms with Crippen LogP contribution in [-0.2, 0) is 0 Å². The van der Waals surface area contributed by atoms with E-state index in [2.05, 4.69) is 13.0 Å². The molecule has 1 aromatic carbocycles. The van der Waals surface area contributed by atoms with Gasteiger partial charge in [0.15, 0.2) is 0 Å². The van der Waals surface area contributed by atoms with Crippen molar-refractivity contribution in [2.75, 3.05) is 0 Å². The molecule has 1 unspecified atom stereocenters. The van der Waals surface area contributed by atoms with Gasteiger partial charge in [-0.1, -0.05) is 70.4 Å². The zero-order chi connectivity index (χ0) is 14.6. The molecule has 1 aromatic rings. The normalized spacial score (nSPS) is 12.1. The lowest BCUT2D eigenvalue weighted by Gasteiger charge is -2.10. The second-order valence-electron chi connectivity index (χ2n) is 5.51. The van der Waals surface area contributed by atoms with E-state index in [1.54, 1.807) is 12.1 Å². The van der Waals surface area contributed by atoms with Crippen molar-refractivity contribution in [1.82, 2.24) is 0 Å². The molecule has 0 aliphatic heterocycles. The molecule has 0 radical (unpaired) electrons.